The van der Waals surface area contributed by atoms with Gasteiger partial charge in [0.05, 0.1) is 12.2 Å². The van der Waals surface area contributed by atoms with Gasteiger partial charge in [-0.2, -0.15) is 0 Å². The molecular formula is C17H27BrN2O. The minimum atomic E-state index is -0.0672. The van der Waals surface area contributed by atoms with Gasteiger partial charge in [0.25, 0.3) is 0 Å². The standard InChI is InChI=1S/C17H27BrN2O/c1-13(2)10-19-11-14-5-6-15(9-16(14)18)20-7-8-21-17(3,4)12-20/h5-6,9,13,19H,7-8,10-12H2,1-4H3. The van der Waals surface area contributed by atoms with E-state index < -0.39 is 0 Å². The Bertz CT molecular complexity index is 474. The SMILES string of the molecule is CC(C)CNCc1ccc(N2CCOC(C)(C)C2)cc1Br. The zero-order valence-corrected chi connectivity index (χ0v) is 15.2. The van der Waals surface area contributed by atoms with Gasteiger partial charge in [0, 0.05) is 29.8 Å². The van der Waals surface area contributed by atoms with Crippen LogP contribution in [0, 0.1) is 5.92 Å². The Balaban J connectivity index is 2.01. The van der Waals surface area contributed by atoms with Crippen LogP contribution >= 0.6 is 15.9 Å². The average Bonchev–Trinajstić information content (AvgIpc) is 2.39. The minimum absolute atomic E-state index is 0.0672. The van der Waals surface area contributed by atoms with Gasteiger partial charge in [-0.05, 0) is 44.0 Å². The van der Waals surface area contributed by atoms with E-state index in [1.54, 1.807) is 0 Å². The Hall–Kier alpha value is -0.580. The number of rotatable bonds is 5. The summed E-state index contributed by atoms with van der Waals surface area (Å²) >= 11 is 3.71. The van der Waals surface area contributed by atoms with Crippen LogP contribution in [0.15, 0.2) is 22.7 Å². The largest absolute Gasteiger partial charge is 0.372 e. The number of hydrogen-bond donors (Lipinski definition) is 1. The summed E-state index contributed by atoms with van der Waals surface area (Å²) in [5.74, 6) is 0.679. The molecule has 0 atom stereocenters. The minimum Gasteiger partial charge on any atom is -0.372 e. The second kappa shape index (κ2) is 7.12. The van der Waals surface area contributed by atoms with E-state index in [0.29, 0.717) is 5.92 Å². The number of ether oxygens (including phenoxy) is 1. The van der Waals surface area contributed by atoms with Crippen molar-refractivity contribution in [2.24, 2.45) is 5.92 Å². The maximum absolute atomic E-state index is 5.78. The molecule has 0 spiro atoms. The zero-order valence-electron chi connectivity index (χ0n) is 13.6. The zero-order chi connectivity index (χ0) is 15.5. The normalized spacial score (nSPS) is 18.3. The molecule has 118 valence electrons. The summed E-state index contributed by atoms with van der Waals surface area (Å²) in [5.41, 5.74) is 2.51. The van der Waals surface area contributed by atoms with Crippen LogP contribution in [0.3, 0.4) is 0 Å². The van der Waals surface area contributed by atoms with E-state index in [1.165, 1.54) is 15.7 Å². The third-order valence-corrected chi connectivity index (χ3v) is 4.43. The Morgan fingerprint density at radius 3 is 2.76 bits per heavy atom. The molecule has 0 aliphatic carbocycles. The highest BCUT2D eigenvalue weighted by Crippen LogP contribution is 2.27. The molecule has 0 bridgehead atoms. The van der Waals surface area contributed by atoms with Gasteiger partial charge in [-0.3, -0.25) is 0 Å². The molecule has 0 saturated carbocycles. The predicted molar refractivity (Wildman–Crippen MR) is 92.9 cm³/mol. The van der Waals surface area contributed by atoms with Crippen molar-refractivity contribution in [1.82, 2.24) is 5.32 Å². The Labute approximate surface area is 137 Å². The van der Waals surface area contributed by atoms with E-state index in [2.05, 4.69) is 72.0 Å². The first-order chi connectivity index (χ1) is 9.87. The van der Waals surface area contributed by atoms with E-state index in [9.17, 15) is 0 Å². The maximum atomic E-state index is 5.78. The van der Waals surface area contributed by atoms with Crippen LogP contribution in [0.25, 0.3) is 0 Å². The second-order valence-corrected chi connectivity index (χ2v) is 7.68. The van der Waals surface area contributed by atoms with Crippen molar-refractivity contribution in [3.05, 3.63) is 28.2 Å². The van der Waals surface area contributed by atoms with Crippen molar-refractivity contribution in [3.8, 4) is 0 Å². The Morgan fingerprint density at radius 2 is 2.14 bits per heavy atom. The molecule has 1 aliphatic heterocycles. The van der Waals surface area contributed by atoms with Gasteiger partial charge in [-0.15, -0.1) is 0 Å². The van der Waals surface area contributed by atoms with Crippen molar-refractivity contribution >= 4 is 21.6 Å². The number of nitrogens with zero attached hydrogens (tertiary/aromatic N) is 1. The Kier molecular flexibility index (Phi) is 5.69. The first-order valence-electron chi connectivity index (χ1n) is 7.75. The van der Waals surface area contributed by atoms with Crippen LogP contribution in [-0.4, -0.2) is 31.8 Å². The second-order valence-electron chi connectivity index (χ2n) is 6.83. The highest BCUT2D eigenvalue weighted by molar-refractivity contribution is 9.10. The molecular weight excluding hydrogens is 328 g/mol. The quantitative estimate of drug-likeness (QED) is 0.869. The first kappa shape index (κ1) is 16.8. The van der Waals surface area contributed by atoms with E-state index in [-0.39, 0.29) is 5.60 Å². The summed E-state index contributed by atoms with van der Waals surface area (Å²) in [7, 11) is 0. The van der Waals surface area contributed by atoms with E-state index >= 15 is 0 Å². The number of hydrogen-bond acceptors (Lipinski definition) is 3. The molecule has 0 aromatic heterocycles. The number of morpholine rings is 1. The van der Waals surface area contributed by atoms with Crippen molar-refractivity contribution in [2.75, 3.05) is 31.1 Å². The van der Waals surface area contributed by atoms with Crippen molar-refractivity contribution in [2.45, 2.75) is 39.8 Å². The van der Waals surface area contributed by atoms with Gasteiger partial charge in [0.15, 0.2) is 0 Å². The van der Waals surface area contributed by atoms with Crippen LogP contribution in [0.5, 0.6) is 0 Å². The lowest BCUT2D eigenvalue weighted by Gasteiger charge is -2.39. The molecule has 4 heteroatoms. The summed E-state index contributed by atoms with van der Waals surface area (Å²) in [6.07, 6.45) is 0. The molecule has 1 fully saturated rings. The Morgan fingerprint density at radius 1 is 1.38 bits per heavy atom. The molecule has 1 saturated heterocycles. The van der Waals surface area contributed by atoms with Gasteiger partial charge in [-0.25, -0.2) is 0 Å². The maximum Gasteiger partial charge on any atom is 0.0801 e. The molecule has 1 aliphatic rings. The van der Waals surface area contributed by atoms with Crippen LogP contribution < -0.4 is 10.2 Å². The average molecular weight is 355 g/mol. The fourth-order valence-corrected chi connectivity index (χ4v) is 3.12. The monoisotopic (exact) mass is 354 g/mol. The first-order valence-corrected chi connectivity index (χ1v) is 8.55. The number of benzene rings is 1. The van der Waals surface area contributed by atoms with Crippen molar-refractivity contribution in [1.29, 1.82) is 0 Å². The smallest absolute Gasteiger partial charge is 0.0801 e. The highest BCUT2D eigenvalue weighted by Gasteiger charge is 2.27. The third kappa shape index (κ3) is 4.97. The highest BCUT2D eigenvalue weighted by atomic mass is 79.9. The predicted octanol–water partition coefficient (Wildman–Crippen LogP) is 3.81. The van der Waals surface area contributed by atoms with Crippen LogP contribution in [-0.2, 0) is 11.3 Å². The summed E-state index contributed by atoms with van der Waals surface area (Å²) in [4.78, 5) is 2.40. The van der Waals surface area contributed by atoms with Gasteiger partial charge in [0.2, 0.25) is 0 Å². The molecule has 0 amide bonds. The molecule has 1 heterocycles. The fraction of sp³-hybridized carbons (Fsp3) is 0.647. The molecule has 1 N–H and O–H groups in total. The van der Waals surface area contributed by atoms with E-state index in [1.807, 2.05) is 0 Å². The van der Waals surface area contributed by atoms with E-state index in [4.69, 9.17) is 4.74 Å². The fourth-order valence-electron chi connectivity index (χ4n) is 2.61. The van der Waals surface area contributed by atoms with Gasteiger partial charge >= 0.3 is 0 Å². The summed E-state index contributed by atoms with van der Waals surface area (Å²) in [6.45, 7) is 13.4. The summed E-state index contributed by atoms with van der Waals surface area (Å²) < 4.78 is 6.96. The molecule has 21 heavy (non-hydrogen) atoms. The van der Waals surface area contributed by atoms with Gasteiger partial charge < -0.3 is 15.0 Å². The lowest BCUT2D eigenvalue weighted by atomic mass is 10.1. The van der Waals surface area contributed by atoms with Crippen molar-refractivity contribution in [3.63, 3.8) is 0 Å². The number of anilines is 1. The molecule has 0 unspecified atom stereocenters. The van der Waals surface area contributed by atoms with Crippen LogP contribution in [0.1, 0.15) is 33.3 Å². The molecule has 3 nitrogen and oxygen atoms in total. The number of nitrogens with one attached hydrogen (secondary N) is 1. The van der Waals surface area contributed by atoms with Gasteiger partial charge in [-0.1, -0.05) is 35.8 Å². The lowest BCUT2D eigenvalue weighted by molar-refractivity contribution is -0.0276. The molecule has 1 aromatic carbocycles. The topological polar surface area (TPSA) is 24.5 Å². The molecule has 1 aromatic rings. The lowest BCUT2D eigenvalue weighted by Crippen LogP contribution is -2.48. The summed E-state index contributed by atoms with van der Waals surface area (Å²) in [5, 5.41) is 3.49. The number of halogens is 1. The van der Waals surface area contributed by atoms with Crippen LogP contribution in [0.4, 0.5) is 5.69 Å². The molecule has 0 radical (unpaired) electrons. The van der Waals surface area contributed by atoms with E-state index in [0.717, 1.165) is 32.8 Å². The molecule has 2 rings (SSSR count). The van der Waals surface area contributed by atoms with Gasteiger partial charge in [0.1, 0.15) is 0 Å². The summed E-state index contributed by atoms with van der Waals surface area (Å²) in [6, 6.07) is 6.67. The third-order valence-electron chi connectivity index (χ3n) is 3.70. The van der Waals surface area contributed by atoms with Crippen molar-refractivity contribution < 1.29 is 4.74 Å². The van der Waals surface area contributed by atoms with Crippen LogP contribution in [0.2, 0.25) is 0 Å².